The maximum atomic E-state index is 12.5. The Morgan fingerprint density at radius 2 is 0.597 bits per heavy atom. The number of aliphatic hydroxyl groups excluding tert-OH is 2. The van der Waals surface area contributed by atoms with Crippen molar-refractivity contribution in [2.45, 2.75) is 418 Å². The molecule has 3 N–H and O–H groups in total. The van der Waals surface area contributed by atoms with Crippen LogP contribution in [0.4, 0.5) is 0 Å². The van der Waals surface area contributed by atoms with Gasteiger partial charge in [0, 0.05) is 12.8 Å². The molecule has 0 aromatic carbocycles. The summed E-state index contributed by atoms with van der Waals surface area (Å²) in [4.78, 5) is 24.5. The molecule has 0 aliphatic rings. The van der Waals surface area contributed by atoms with Gasteiger partial charge in [-0.1, -0.05) is 373 Å². The third-order valence-corrected chi connectivity index (χ3v) is 16.8. The lowest BCUT2D eigenvalue weighted by molar-refractivity contribution is -0.143. The summed E-state index contributed by atoms with van der Waals surface area (Å²) in [5, 5.41) is 23.2. The molecule has 0 radical (unpaired) electrons. The number of allylic oxidation sites excluding steroid dienone is 1. The topological polar surface area (TPSA) is 95.9 Å². The number of nitrogens with one attached hydrogen (secondary N) is 1. The van der Waals surface area contributed by atoms with Gasteiger partial charge in [0.05, 0.1) is 25.4 Å². The third kappa shape index (κ3) is 63.6. The summed E-state index contributed by atoms with van der Waals surface area (Å²) < 4.78 is 5.48. The van der Waals surface area contributed by atoms with Crippen LogP contribution in [0.15, 0.2) is 12.2 Å². The number of hydrogen-bond donors (Lipinski definition) is 3. The van der Waals surface area contributed by atoms with Gasteiger partial charge in [0.25, 0.3) is 0 Å². The van der Waals surface area contributed by atoms with Crippen molar-refractivity contribution < 1.29 is 24.5 Å². The molecule has 0 saturated carbocycles. The molecule has 0 saturated heterocycles. The highest BCUT2D eigenvalue weighted by atomic mass is 16.5. The molecule has 6 heteroatoms. The second-order valence-electron chi connectivity index (χ2n) is 24.6. The van der Waals surface area contributed by atoms with Gasteiger partial charge in [-0.15, -0.1) is 0 Å². The van der Waals surface area contributed by atoms with E-state index in [1.807, 2.05) is 6.08 Å². The van der Waals surface area contributed by atoms with E-state index in [1.165, 1.54) is 340 Å². The summed E-state index contributed by atoms with van der Waals surface area (Å²) in [7, 11) is 0. The largest absolute Gasteiger partial charge is 0.466 e. The van der Waals surface area contributed by atoms with E-state index in [0.717, 1.165) is 38.5 Å². The van der Waals surface area contributed by atoms with E-state index in [1.54, 1.807) is 6.08 Å². The van der Waals surface area contributed by atoms with E-state index in [9.17, 15) is 19.8 Å². The molecule has 0 heterocycles. The Hall–Kier alpha value is -1.40. The van der Waals surface area contributed by atoms with Crippen LogP contribution in [-0.2, 0) is 14.3 Å². The second-order valence-corrected chi connectivity index (χ2v) is 24.6. The van der Waals surface area contributed by atoms with E-state index in [4.69, 9.17) is 4.74 Å². The average Bonchev–Trinajstić information content (AvgIpc) is 3.43. The second kappa shape index (κ2) is 67.1. The molecule has 0 bridgehead atoms. The summed E-state index contributed by atoms with van der Waals surface area (Å²) >= 11 is 0. The molecule has 0 rings (SSSR count). The summed E-state index contributed by atoms with van der Waals surface area (Å²) in [5.41, 5.74) is 0. The van der Waals surface area contributed by atoms with Gasteiger partial charge in [0.15, 0.2) is 0 Å². The van der Waals surface area contributed by atoms with E-state index in [-0.39, 0.29) is 18.5 Å². The first-order valence-electron chi connectivity index (χ1n) is 35.5. The zero-order valence-corrected chi connectivity index (χ0v) is 52.5. The highest BCUT2D eigenvalue weighted by Crippen LogP contribution is 2.19. The average molecular weight is 1090 g/mol. The van der Waals surface area contributed by atoms with Crippen LogP contribution in [0, 0.1) is 0 Å². The standard InChI is InChI=1S/C71H139NO5/c1-3-5-7-9-11-13-15-17-18-19-34-37-40-43-47-51-55-59-63-69(74)68(67-73)72-70(75)64-60-56-52-48-44-41-38-35-32-30-28-26-24-22-20-21-23-25-27-29-31-33-36-39-42-46-50-54-58-62-66-77-71(76)65-61-57-53-49-45-16-14-12-10-8-6-4-2/h59,63,68-69,73-74H,3-58,60-62,64-67H2,1-2H3,(H,72,75)/b63-59+. The summed E-state index contributed by atoms with van der Waals surface area (Å²) in [5.74, 6) is -0.0388. The van der Waals surface area contributed by atoms with Crippen molar-refractivity contribution in [3.05, 3.63) is 12.2 Å². The molecule has 77 heavy (non-hydrogen) atoms. The Labute approximate surface area is 482 Å². The van der Waals surface area contributed by atoms with Gasteiger partial charge >= 0.3 is 5.97 Å². The Morgan fingerprint density at radius 1 is 0.351 bits per heavy atom. The van der Waals surface area contributed by atoms with Crippen molar-refractivity contribution >= 4 is 11.9 Å². The fourth-order valence-corrected chi connectivity index (χ4v) is 11.4. The first-order valence-corrected chi connectivity index (χ1v) is 35.5. The molecule has 0 spiro atoms. The summed E-state index contributed by atoms with van der Waals surface area (Å²) in [6.45, 7) is 4.95. The molecule has 0 aliphatic carbocycles. The van der Waals surface area contributed by atoms with Gasteiger partial charge in [0.2, 0.25) is 5.91 Å². The Kier molecular flexibility index (Phi) is 65.9. The van der Waals surface area contributed by atoms with Crippen molar-refractivity contribution in [1.29, 1.82) is 0 Å². The van der Waals surface area contributed by atoms with Crippen molar-refractivity contribution in [3.8, 4) is 0 Å². The zero-order valence-electron chi connectivity index (χ0n) is 52.5. The molecule has 0 aromatic heterocycles. The minimum absolute atomic E-state index is 0.0213. The number of amides is 1. The molecule has 1 amide bonds. The van der Waals surface area contributed by atoms with Crippen LogP contribution in [0.1, 0.15) is 406 Å². The van der Waals surface area contributed by atoms with E-state index in [2.05, 4.69) is 19.2 Å². The van der Waals surface area contributed by atoms with Crippen LogP contribution in [0.5, 0.6) is 0 Å². The van der Waals surface area contributed by atoms with E-state index >= 15 is 0 Å². The molecule has 0 aliphatic heterocycles. The minimum Gasteiger partial charge on any atom is -0.466 e. The van der Waals surface area contributed by atoms with Gasteiger partial charge in [0.1, 0.15) is 0 Å². The van der Waals surface area contributed by atoms with Crippen LogP contribution in [0.25, 0.3) is 0 Å². The summed E-state index contributed by atoms with van der Waals surface area (Å²) in [6, 6.07) is -0.624. The van der Waals surface area contributed by atoms with Crippen LogP contribution in [0.2, 0.25) is 0 Å². The van der Waals surface area contributed by atoms with Crippen LogP contribution < -0.4 is 5.32 Å². The number of ether oxygens (including phenoxy) is 1. The number of hydrogen-bond acceptors (Lipinski definition) is 5. The van der Waals surface area contributed by atoms with Crippen LogP contribution in [-0.4, -0.2) is 47.4 Å². The van der Waals surface area contributed by atoms with Crippen molar-refractivity contribution in [2.75, 3.05) is 13.2 Å². The number of unbranched alkanes of at least 4 members (excludes halogenated alkanes) is 56. The van der Waals surface area contributed by atoms with Gasteiger partial charge in [-0.2, -0.15) is 0 Å². The Morgan fingerprint density at radius 3 is 0.883 bits per heavy atom. The smallest absolute Gasteiger partial charge is 0.305 e. The molecule has 0 fully saturated rings. The monoisotopic (exact) mass is 1090 g/mol. The van der Waals surface area contributed by atoms with Gasteiger partial charge in [-0.05, 0) is 32.1 Å². The normalized spacial score (nSPS) is 12.5. The van der Waals surface area contributed by atoms with Crippen LogP contribution in [0.3, 0.4) is 0 Å². The lowest BCUT2D eigenvalue weighted by Crippen LogP contribution is -2.45. The number of esters is 1. The Bertz CT molecular complexity index is 1160. The van der Waals surface area contributed by atoms with Crippen molar-refractivity contribution in [3.63, 3.8) is 0 Å². The predicted octanol–water partition coefficient (Wildman–Crippen LogP) is 22.8. The number of carbonyl (C=O) groups is 2. The van der Waals surface area contributed by atoms with Gasteiger partial charge < -0.3 is 20.3 Å². The molecule has 6 nitrogen and oxygen atoms in total. The van der Waals surface area contributed by atoms with Crippen molar-refractivity contribution in [1.82, 2.24) is 5.32 Å². The van der Waals surface area contributed by atoms with Crippen molar-refractivity contribution in [2.24, 2.45) is 0 Å². The van der Waals surface area contributed by atoms with E-state index in [0.29, 0.717) is 19.4 Å². The molecule has 2 unspecified atom stereocenters. The molecular formula is C71H139NO5. The number of rotatable bonds is 67. The molecule has 2 atom stereocenters. The maximum Gasteiger partial charge on any atom is 0.305 e. The van der Waals surface area contributed by atoms with Crippen LogP contribution >= 0.6 is 0 Å². The SMILES string of the molecule is CCCCCCCCCCCCCCCCCC/C=C/C(O)C(CO)NC(=O)CCCCCCCCCCCCCCCCCCCCCCCCCCCCCCCCOC(=O)CCCCCCCCCCCCCC. The third-order valence-electron chi connectivity index (χ3n) is 16.8. The molecular weight excluding hydrogens is 947 g/mol. The number of carbonyl (C=O) groups excluding carboxylic acids is 2. The fourth-order valence-electron chi connectivity index (χ4n) is 11.4. The first kappa shape index (κ1) is 75.6. The lowest BCUT2D eigenvalue weighted by Gasteiger charge is -2.20. The first-order chi connectivity index (χ1) is 38.0. The Balaban J connectivity index is 3.35. The van der Waals surface area contributed by atoms with Gasteiger partial charge in [-0.3, -0.25) is 9.59 Å². The minimum atomic E-state index is -0.841. The van der Waals surface area contributed by atoms with Gasteiger partial charge in [-0.25, -0.2) is 0 Å². The summed E-state index contributed by atoms with van der Waals surface area (Å²) in [6.07, 6.45) is 83.0. The predicted molar refractivity (Wildman–Crippen MR) is 338 cm³/mol. The number of aliphatic hydroxyl groups is 2. The highest BCUT2D eigenvalue weighted by Gasteiger charge is 2.18. The lowest BCUT2D eigenvalue weighted by atomic mass is 10.0. The highest BCUT2D eigenvalue weighted by molar-refractivity contribution is 5.76. The van der Waals surface area contributed by atoms with E-state index < -0.39 is 12.1 Å². The molecule has 458 valence electrons. The zero-order chi connectivity index (χ0) is 55.7. The maximum absolute atomic E-state index is 12.5. The quantitative estimate of drug-likeness (QED) is 0.0320. The molecule has 0 aromatic rings. The fraction of sp³-hybridized carbons (Fsp3) is 0.944.